The summed E-state index contributed by atoms with van der Waals surface area (Å²) in [5, 5.41) is 20.2. The quantitative estimate of drug-likeness (QED) is 0.495. The molecular weight excluding hydrogens is 202 g/mol. The van der Waals surface area contributed by atoms with Gasteiger partial charge in [0, 0.05) is 20.1 Å². The Kier molecular flexibility index (Phi) is 5.88. The van der Waals surface area contributed by atoms with Crippen LogP contribution in [0.4, 0.5) is 0 Å². The van der Waals surface area contributed by atoms with E-state index in [0.29, 0.717) is 13.0 Å². The van der Waals surface area contributed by atoms with Crippen LogP contribution in [0.2, 0.25) is 0 Å². The first-order chi connectivity index (χ1) is 6.90. The van der Waals surface area contributed by atoms with Crippen molar-refractivity contribution in [3.8, 4) is 0 Å². The molecule has 0 radical (unpaired) electrons. The van der Waals surface area contributed by atoms with E-state index >= 15 is 0 Å². The molecule has 0 rings (SSSR count). The fourth-order valence-electron chi connectivity index (χ4n) is 0.812. The molecule has 1 atom stereocenters. The lowest BCUT2D eigenvalue weighted by molar-refractivity contribution is -0.156. The lowest BCUT2D eigenvalue weighted by Crippen LogP contribution is -2.46. The molecule has 0 fully saturated rings. The lowest BCUT2D eigenvalue weighted by atomic mass is 10.1. The zero-order valence-electron chi connectivity index (χ0n) is 8.95. The molecule has 0 bridgehead atoms. The monoisotopic (exact) mass is 219 g/mol. The molecule has 0 aromatic heterocycles. The van der Waals surface area contributed by atoms with Gasteiger partial charge in [0.05, 0.1) is 6.54 Å². The minimum Gasteiger partial charge on any atom is -0.479 e. The number of nitrogens with one attached hydrogen (secondary N) is 1. The zero-order valence-corrected chi connectivity index (χ0v) is 8.95. The van der Waals surface area contributed by atoms with Crippen LogP contribution < -0.4 is 5.32 Å². The molecule has 15 heavy (non-hydrogen) atoms. The van der Waals surface area contributed by atoms with Crippen LogP contribution in [0.25, 0.3) is 0 Å². The Hall–Kier alpha value is -1.14. The second-order valence-corrected chi connectivity index (χ2v) is 3.45. The fraction of sp³-hybridized carbons (Fsp3) is 0.778. The van der Waals surface area contributed by atoms with E-state index in [0.717, 1.165) is 6.92 Å². The number of carbonyl (C=O) groups excluding carboxylic acids is 1. The van der Waals surface area contributed by atoms with E-state index in [2.05, 4.69) is 5.32 Å². The minimum atomic E-state index is -1.92. The molecule has 0 aromatic carbocycles. The van der Waals surface area contributed by atoms with Crippen LogP contribution in [0.1, 0.15) is 19.8 Å². The molecule has 0 aliphatic carbocycles. The molecule has 0 spiro atoms. The van der Waals surface area contributed by atoms with Gasteiger partial charge in [-0.15, -0.1) is 0 Å². The summed E-state index contributed by atoms with van der Waals surface area (Å²) in [5.41, 5.74) is -1.92. The molecule has 0 aliphatic rings. The van der Waals surface area contributed by atoms with E-state index in [1.165, 1.54) is 7.11 Å². The van der Waals surface area contributed by atoms with Crippen LogP contribution in [0, 0.1) is 0 Å². The Morgan fingerprint density at radius 3 is 2.53 bits per heavy atom. The number of carboxylic acid groups (broad SMARTS) is 1. The second-order valence-electron chi connectivity index (χ2n) is 3.45. The Morgan fingerprint density at radius 2 is 2.07 bits per heavy atom. The van der Waals surface area contributed by atoms with E-state index in [-0.39, 0.29) is 18.9 Å². The van der Waals surface area contributed by atoms with Crippen molar-refractivity contribution in [1.29, 1.82) is 0 Å². The van der Waals surface area contributed by atoms with Crippen molar-refractivity contribution in [3.63, 3.8) is 0 Å². The number of carbonyl (C=O) groups is 2. The van der Waals surface area contributed by atoms with E-state index in [9.17, 15) is 14.7 Å². The van der Waals surface area contributed by atoms with Gasteiger partial charge in [-0.1, -0.05) is 0 Å². The van der Waals surface area contributed by atoms with Gasteiger partial charge in [0.25, 0.3) is 0 Å². The van der Waals surface area contributed by atoms with Gasteiger partial charge in [0.1, 0.15) is 0 Å². The molecule has 6 nitrogen and oxygen atoms in total. The number of rotatable bonds is 7. The third-order valence-electron chi connectivity index (χ3n) is 1.84. The zero-order chi connectivity index (χ0) is 11.9. The number of hydrogen-bond donors (Lipinski definition) is 3. The predicted molar refractivity (Wildman–Crippen MR) is 52.4 cm³/mol. The maximum absolute atomic E-state index is 11.1. The molecule has 0 aliphatic heterocycles. The molecule has 1 unspecified atom stereocenters. The average molecular weight is 219 g/mol. The number of carboxylic acids is 1. The minimum absolute atomic E-state index is 0.254. The van der Waals surface area contributed by atoms with Crippen molar-refractivity contribution in [2.75, 3.05) is 20.3 Å². The van der Waals surface area contributed by atoms with Crippen LogP contribution in [0.3, 0.4) is 0 Å². The maximum Gasteiger partial charge on any atom is 0.337 e. The summed E-state index contributed by atoms with van der Waals surface area (Å²) < 4.78 is 4.75. The Labute approximate surface area is 88.2 Å². The number of aliphatic carboxylic acids is 1. The SMILES string of the molecule is COCCCC(=O)NCC(C)(O)C(=O)O. The molecule has 6 heteroatoms. The van der Waals surface area contributed by atoms with Gasteiger partial charge in [-0.05, 0) is 13.3 Å². The Morgan fingerprint density at radius 1 is 1.47 bits per heavy atom. The normalized spacial score (nSPS) is 14.3. The average Bonchev–Trinajstić information content (AvgIpc) is 2.15. The molecule has 0 heterocycles. The molecule has 0 saturated heterocycles. The van der Waals surface area contributed by atoms with Gasteiger partial charge >= 0.3 is 5.97 Å². The second kappa shape index (κ2) is 6.36. The van der Waals surface area contributed by atoms with Crippen LogP contribution in [-0.2, 0) is 14.3 Å². The van der Waals surface area contributed by atoms with Gasteiger partial charge in [0.2, 0.25) is 5.91 Å². The first kappa shape index (κ1) is 13.9. The third-order valence-corrected chi connectivity index (χ3v) is 1.84. The number of methoxy groups -OCH3 is 1. The highest BCUT2D eigenvalue weighted by Crippen LogP contribution is 2.01. The summed E-state index contributed by atoms with van der Waals surface area (Å²) in [6.07, 6.45) is 0.821. The van der Waals surface area contributed by atoms with Crippen LogP contribution in [0.15, 0.2) is 0 Å². The Balaban J connectivity index is 3.75. The highest BCUT2D eigenvalue weighted by Gasteiger charge is 2.29. The van der Waals surface area contributed by atoms with E-state index in [1.54, 1.807) is 0 Å². The van der Waals surface area contributed by atoms with Crippen LogP contribution in [-0.4, -0.2) is 48.0 Å². The van der Waals surface area contributed by atoms with Crippen molar-refractivity contribution in [3.05, 3.63) is 0 Å². The lowest BCUT2D eigenvalue weighted by Gasteiger charge is -2.18. The molecule has 0 aromatic rings. The molecule has 0 saturated carbocycles. The van der Waals surface area contributed by atoms with Gasteiger partial charge in [0.15, 0.2) is 5.60 Å². The summed E-state index contributed by atoms with van der Waals surface area (Å²) in [6, 6.07) is 0. The van der Waals surface area contributed by atoms with E-state index in [4.69, 9.17) is 9.84 Å². The molecule has 88 valence electrons. The van der Waals surface area contributed by atoms with Crippen molar-refractivity contribution in [2.24, 2.45) is 0 Å². The molecule has 1 amide bonds. The van der Waals surface area contributed by atoms with Crippen LogP contribution in [0.5, 0.6) is 0 Å². The maximum atomic E-state index is 11.1. The van der Waals surface area contributed by atoms with Crippen molar-refractivity contribution in [2.45, 2.75) is 25.4 Å². The summed E-state index contributed by atoms with van der Waals surface area (Å²) in [5.74, 6) is -1.66. The third kappa shape index (κ3) is 6.03. The molecule has 3 N–H and O–H groups in total. The first-order valence-corrected chi connectivity index (χ1v) is 4.61. The van der Waals surface area contributed by atoms with Crippen LogP contribution >= 0.6 is 0 Å². The number of hydrogen-bond acceptors (Lipinski definition) is 4. The number of aliphatic hydroxyl groups is 1. The van der Waals surface area contributed by atoms with Gasteiger partial charge < -0.3 is 20.3 Å². The standard InChI is InChI=1S/C9H17NO5/c1-9(14,8(12)13)6-10-7(11)4-3-5-15-2/h14H,3-6H2,1-2H3,(H,10,11)(H,12,13). The first-order valence-electron chi connectivity index (χ1n) is 4.61. The smallest absolute Gasteiger partial charge is 0.337 e. The van der Waals surface area contributed by atoms with Gasteiger partial charge in [-0.25, -0.2) is 4.79 Å². The summed E-state index contributed by atoms with van der Waals surface area (Å²) in [7, 11) is 1.53. The Bertz CT molecular complexity index is 227. The summed E-state index contributed by atoms with van der Waals surface area (Å²) in [4.78, 5) is 21.6. The molecular formula is C9H17NO5. The summed E-state index contributed by atoms with van der Waals surface area (Å²) >= 11 is 0. The fourth-order valence-corrected chi connectivity index (χ4v) is 0.812. The van der Waals surface area contributed by atoms with E-state index in [1.807, 2.05) is 0 Å². The van der Waals surface area contributed by atoms with Crippen molar-refractivity contribution in [1.82, 2.24) is 5.32 Å². The van der Waals surface area contributed by atoms with Crippen molar-refractivity contribution >= 4 is 11.9 Å². The number of amides is 1. The topological polar surface area (TPSA) is 95.9 Å². The largest absolute Gasteiger partial charge is 0.479 e. The highest BCUT2D eigenvalue weighted by atomic mass is 16.5. The summed E-state index contributed by atoms with van der Waals surface area (Å²) in [6.45, 7) is 1.31. The van der Waals surface area contributed by atoms with Crippen molar-refractivity contribution < 1.29 is 24.5 Å². The van der Waals surface area contributed by atoms with Gasteiger partial charge in [-0.2, -0.15) is 0 Å². The number of ether oxygens (including phenoxy) is 1. The van der Waals surface area contributed by atoms with Gasteiger partial charge in [-0.3, -0.25) is 4.79 Å². The predicted octanol–water partition coefficient (Wildman–Crippen LogP) is -0.635. The highest BCUT2D eigenvalue weighted by molar-refractivity contribution is 5.80. The van der Waals surface area contributed by atoms with E-state index < -0.39 is 11.6 Å².